The standard InChI is InChI=1S/C16H12Cl3N5O/c1-7-9(8-4-2-3-5-10(8)22-7)6-21-24-16(25)14-11(17)13(20)12(18)15(19)23-14/h2-6,22H,1H3,(H2,20,23)(H,24,25)/p+1/b21-6+. The molecule has 1 amide bonds. The Labute approximate surface area is 158 Å². The minimum Gasteiger partial charge on any atom is -0.396 e. The summed E-state index contributed by atoms with van der Waals surface area (Å²) < 4.78 is 0. The number of nitrogen functional groups attached to an aromatic ring is 1. The van der Waals surface area contributed by atoms with Gasteiger partial charge in [0.2, 0.25) is 0 Å². The number of hydrazone groups is 1. The highest BCUT2D eigenvalue weighted by atomic mass is 35.5. The fourth-order valence-electron chi connectivity index (χ4n) is 2.40. The van der Waals surface area contributed by atoms with E-state index in [9.17, 15) is 4.79 Å². The topological polar surface area (TPSA) is 97.4 Å². The molecule has 2 heterocycles. The molecule has 0 radical (unpaired) electrons. The van der Waals surface area contributed by atoms with Crippen molar-refractivity contribution in [3.05, 3.63) is 56.4 Å². The van der Waals surface area contributed by atoms with Crippen LogP contribution in [0.3, 0.4) is 0 Å². The second-order valence-electron chi connectivity index (χ2n) is 5.26. The monoisotopic (exact) mass is 396 g/mol. The van der Waals surface area contributed by atoms with Crippen LogP contribution in [0.5, 0.6) is 0 Å². The number of fused-ring (bicyclic) bond motifs is 1. The first kappa shape index (κ1) is 17.5. The van der Waals surface area contributed by atoms with Gasteiger partial charge in [-0.15, -0.1) is 0 Å². The summed E-state index contributed by atoms with van der Waals surface area (Å²) in [6.45, 7) is 1.92. The molecular formula is C16H13Cl3N5O+. The summed E-state index contributed by atoms with van der Waals surface area (Å²) in [6.07, 6.45) is 1.56. The van der Waals surface area contributed by atoms with E-state index >= 15 is 0 Å². The number of para-hydroxylation sites is 1. The molecular weight excluding hydrogens is 385 g/mol. The van der Waals surface area contributed by atoms with E-state index in [-0.39, 0.29) is 26.6 Å². The Kier molecular flexibility index (Phi) is 4.85. The van der Waals surface area contributed by atoms with Gasteiger partial charge >= 0.3 is 5.91 Å². The van der Waals surface area contributed by atoms with Crippen LogP contribution >= 0.6 is 34.8 Å². The summed E-state index contributed by atoms with van der Waals surface area (Å²) in [6, 6.07) is 7.80. The highest BCUT2D eigenvalue weighted by molar-refractivity contribution is 6.45. The molecule has 0 fully saturated rings. The summed E-state index contributed by atoms with van der Waals surface area (Å²) in [5.74, 6) is -0.594. The van der Waals surface area contributed by atoms with E-state index < -0.39 is 5.91 Å². The fourth-order valence-corrected chi connectivity index (χ4v) is 3.02. The van der Waals surface area contributed by atoms with Crippen molar-refractivity contribution >= 4 is 63.5 Å². The van der Waals surface area contributed by atoms with Gasteiger partial charge in [0.1, 0.15) is 10.0 Å². The molecule has 3 rings (SSSR count). The van der Waals surface area contributed by atoms with Crippen molar-refractivity contribution in [2.45, 2.75) is 6.92 Å². The maximum absolute atomic E-state index is 12.3. The van der Waals surface area contributed by atoms with Gasteiger partial charge in [-0.05, 0) is 24.6 Å². The number of hydrogen-bond donors (Lipinski definition) is 3. The van der Waals surface area contributed by atoms with Crippen molar-refractivity contribution in [2.75, 3.05) is 5.73 Å². The van der Waals surface area contributed by atoms with Crippen molar-refractivity contribution in [1.82, 2.24) is 10.4 Å². The molecule has 0 aliphatic rings. The Hall–Kier alpha value is -2.28. The number of nitrogens with zero attached hydrogens (tertiary/aromatic N) is 1. The number of rotatable bonds is 3. The molecule has 2 aromatic heterocycles. The van der Waals surface area contributed by atoms with Crippen molar-refractivity contribution in [2.24, 2.45) is 5.10 Å². The number of anilines is 1. The number of amides is 1. The highest BCUT2D eigenvalue weighted by Gasteiger charge is 2.25. The molecule has 0 aliphatic carbocycles. The number of nitrogens with two attached hydrogens (primary N) is 1. The molecule has 6 nitrogen and oxygen atoms in total. The third kappa shape index (κ3) is 3.28. The van der Waals surface area contributed by atoms with E-state index in [0.717, 1.165) is 22.2 Å². The molecule has 9 heteroatoms. The van der Waals surface area contributed by atoms with E-state index in [1.807, 2.05) is 31.2 Å². The van der Waals surface area contributed by atoms with Crippen molar-refractivity contribution in [3.63, 3.8) is 0 Å². The van der Waals surface area contributed by atoms with E-state index in [1.54, 1.807) is 6.21 Å². The SMILES string of the molecule is Cc1[nH]c2ccccc2c1/C=N/NC(=O)c1[nH+]c(Cl)c(Cl)c(N)c1Cl. The maximum atomic E-state index is 12.3. The van der Waals surface area contributed by atoms with Gasteiger partial charge in [0.05, 0.1) is 11.9 Å². The smallest absolute Gasteiger partial charge is 0.337 e. The number of carbonyl (C=O) groups is 1. The van der Waals surface area contributed by atoms with Gasteiger partial charge in [0, 0.05) is 22.2 Å². The van der Waals surface area contributed by atoms with Gasteiger partial charge in [0.25, 0.3) is 10.8 Å². The van der Waals surface area contributed by atoms with Crippen molar-refractivity contribution in [3.8, 4) is 0 Å². The lowest BCUT2D eigenvalue weighted by atomic mass is 10.1. The first-order valence-electron chi connectivity index (χ1n) is 7.16. The number of H-pyrrole nitrogens is 2. The third-order valence-electron chi connectivity index (χ3n) is 3.65. The van der Waals surface area contributed by atoms with Gasteiger partial charge in [-0.1, -0.05) is 41.4 Å². The highest BCUT2D eigenvalue weighted by Crippen LogP contribution is 2.31. The molecule has 0 aliphatic heterocycles. The molecule has 0 spiro atoms. The Balaban J connectivity index is 1.85. The van der Waals surface area contributed by atoms with Crippen LogP contribution in [-0.2, 0) is 0 Å². The van der Waals surface area contributed by atoms with Crippen LogP contribution in [0.4, 0.5) is 5.69 Å². The largest absolute Gasteiger partial charge is 0.396 e. The summed E-state index contributed by atoms with van der Waals surface area (Å²) in [7, 11) is 0. The van der Waals surface area contributed by atoms with Crippen LogP contribution in [0.2, 0.25) is 15.2 Å². The number of aromatic nitrogens is 2. The van der Waals surface area contributed by atoms with Gasteiger partial charge in [0.15, 0.2) is 0 Å². The number of carbonyl (C=O) groups excluding carboxylic acids is 1. The number of pyridine rings is 1. The zero-order valence-corrected chi connectivity index (χ0v) is 15.2. The Morgan fingerprint density at radius 1 is 1.28 bits per heavy atom. The van der Waals surface area contributed by atoms with E-state index in [4.69, 9.17) is 40.5 Å². The number of hydrogen-bond acceptors (Lipinski definition) is 3. The second kappa shape index (κ2) is 6.92. The van der Waals surface area contributed by atoms with Crippen LogP contribution in [-0.4, -0.2) is 17.1 Å². The minimum absolute atomic E-state index is 0.0187. The van der Waals surface area contributed by atoms with Gasteiger partial charge in [-0.2, -0.15) is 10.1 Å². The molecule has 25 heavy (non-hydrogen) atoms. The summed E-state index contributed by atoms with van der Waals surface area (Å²) in [5, 5.41) is 5.04. The molecule has 5 N–H and O–H groups in total. The maximum Gasteiger partial charge on any atom is 0.337 e. The predicted octanol–water partition coefficient (Wildman–Crippen LogP) is 3.60. The molecule has 128 valence electrons. The van der Waals surface area contributed by atoms with E-state index in [1.165, 1.54) is 0 Å². The number of halogens is 3. The van der Waals surface area contributed by atoms with Gasteiger partial charge in [-0.25, -0.2) is 5.43 Å². The lowest BCUT2D eigenvalue weighted by Crippen LogP contribution is -2.28. The number of benzene rings is 1. The summed E-state index contributed by atoms with van der Waals surface area (Å²) >= 11 is 17.8. The minimum atomic E-state index is -0.594. The Morgan fingerprint density at radius 2 is 2.00 bits per heavy atom. The molecule has 0 saturated heterocycles. The normalized spacial score (nSPS) is 11.4. The second-order valence-corrected chi connectivity index (χ2v) is 6.40. The average Bonchev–Trinajstić information content (AvgIpc) is 2.91. The average molecular weight is 398 g/mol. The molecule has 0 saturated carbocycles. The first-order chi connectivity index (χ1) is 11.9. The zero-order chi connectivity index (χ0) is 18.1. The molecule has 1 aromatic carbocycles. The molecule has 0 unspecified atom stereocenters. The van der Waals surface area contributed by atoms with Crippen LogP contribution < -0.4 is 16.1 Å². The van der Waals surface area contributed by atoms with Crippen LogP contribution in [0.15, 0.2) is 29.4 Å². The third-order valence-corrected chi connectivity index (χ3v) is 4.82. The van der Waals surface area contributed by atoms with Gasteiger partial charge in [-0.3, -0.25) is 4.79 Å². The molecule has 3 aromatic rings. The van der Waals surface area contributed by atoms with E-state index in [2.05, 4.69) is 20.5 Å². The number of nitrogens with one attached hydrogen (secondary N) is 3. The van der Waals surface area contributed by atoms with Crippen LogP contribution in [0, 0.1) is 6.92 Å². The number of aryl methyl sites for hydroxylation is 1. The number of aromatic amines is 2. The van der Waals surface area contributed by atoms with E-state index in [0.29, 0.717) is 0 Å². The fraction of sp³-hybridized carbons (Fsp3) is 0.0625. The Morgan fingerprint density at radius 3 is 2.76 bits per heavy atom. The van der Waals surface area contributed by atoms with Crippen LogP contribution in [0.25, 0.3) is 10.9 Å². The predicted molar refractivity (Wildman–Crippen MR) is 101 cm³/mol. The lowest BCUT2D eigenvalue weighted by molar-refractivity contribution is -0.379. The quantitative estimate of drug-likeness (QED) is 0.357. The first-order valence-corrected chi connectivity index (χ1v) is 8.29. The zero-order valence-electron chi connectivity index (χ0n) is 13.0. The lowest BCUT2D eigenvalue weighted by Gasteiger charge is -2.02. The molecule has 0 atom stereocenters. The van der Waals surface area contributed by atoms with Crippen molar-refractivity contribution in [1.29, 1.82) is 0 Å². The molecule has 0 bridgehead atoms. The Bertz CT molecular complexity index is 1010. The summed E-state index contributed by atoms with van der Waals surface area (Å²) in [5.41, 5.74) is 10.9. The van der Waals surface area contributed by atoms with Crippen LogP contribution in [0.1, 0.15) is 21.7 Å². The summed E-state index contributed by atoms with van der Waals surface area (Å²) in [4.78, 5) is 18.1. The van der Waals surface area contributed by atoms with Gasteiger partial charge < -0.3 is 10.7 Å². The van der Waals surface area contributed by atoms with Crippen molar-refractivity contribution < 1.29 is 9.78 Å².